The predicted octanol–water partition coefficient (Wildman–Crippen LogP) is 4.17. The van der Waals surface area contributed by atoms with Crippen molar-refractivity contribution >= 4 is 11.8 Å². The SMILES string of the molecule is O=C1CC(Cc2ccncc2)(Cc2ccoc2)C(=O)N1C12CC3CC(CC(C3)C1)C2. The van der Waals surface area contributed by atoms with E-state index in [4.69, 9.17) is 4.42 Å². The molecular weight excluding hydrogens is 376 g/mol. The van der Waals surface area contributed by atoms with Crippen LogP contribution in [0.15, 0.2) is 47.5 Å². The summed E-state index contributed by atoms with van der Waals surface area (Å²) in [5, 5.41) is 0. The maximum atomic E-state index is 14.1. The molecule has 5 heteroatoms. The van der Waals surface area contributed by atoms with Gasteiger partial charge in [0.1, 0.15) is 0 Å². The number of nitrogens with zero attached hydrogens (tertiary/aromatic N) is 2. The lowest BCUT2D eigenvalue weighted by Crippen LogP contribution is -2.62. The summed E-state index contributed by atoms with van der Waals surface area (Å²) in [5.41, 5.74) is 1.09. The standard InChI is InChI=1S/C25H28N2O3/c28-22-15-24(11-18-3-6-30-16-18,10-17-1-4-26-5-2-17)23(29)27(22)25-12-19-7-20(13-25)9-21(8-19)14-25/h1-6,16,19-21H,7-15H2. The number of hydrogen-bond donors (Lipinski definition) is 0. The molecule has 2 aromatic rings. The average molecular weight is 405 g/mol. The first-order chi connectivity index (χ1) is 14.6. The number of rotatable bonds is 5. The number of amides is 2. The topological polar surface area (TPSA) is 63.4 Å². The van der Waals surface area contributed by atoms with E-state index in [2.05, 4.69) is 4.98 Å². The minimum absolute atomic E-state index is 0.0412. The van der Waals surface area contributed by atoms with Crippen molar-refractivity contribution in [2.24, 2.45) is 23.2 Å². The molecule has 0 radical (unpaired) electrons. The van der Waals surface area contributed by atoms with E-state index in [0.29, 0.717) is 37.0 Å². The van der Waals surface area contributed by atoms with Gasteiger partial charge in [0.05, 0.1) is 23.5 Å². The molecule has 2 amide bonds. The second-order valence-corrected chi connectivity index (χ2v) is 10.5. The van der Waals surface area contributed by atoms with Gasteiger partial charge in [-0.2, -0.15) is 0 Å². The van der Waals surface area contributed by atoms with E-state index in [1.54, 1.807) is 29.8 Å². The van der Waals surface area contributed by atoms with Crippen LogP contribution in [0.2, 0.25) is 0 Å². The Morgan fingerprint density at radius 3 is 2.17 bits per heavy atom. The Morgan fingerprint density at radius 1 is 0.933 bits per heavy atom. The van der Waals surface area contributed by atoms with Crippen molar-refractivity contribution < 1.29 is 14.0 Å². The highest BCUT2D eigenvalue weighted by molar-refractivity contribution is 6.07. The first-order valence-electron chi connectivity index (χ1n) is 11.3. The van der Waals surface area contributed by atoms with Crippen molar-refractivity contribution in [3.8, 4) is 0 Å². The maximum Gasteiger partial charge on any atom is 0.237 e. The van der Waals surface area contributed by atoms with Crippen LogP contribution in [0.4, 0.5) is 0 Å². The molecule has 5 nitrogen and oxygen atoms in total. The Morgan fingerprint density at radius 2 is 1.57 bits per heavy atom. The summed E-state index contributed by atoms with van der Waals surface area (Å²) in [6.07, 6.45) is 15.2. The fraction of sp³-hybridized carbons (Fsp3) is 0.560. The molecule has 1 aliphatic heterocycles. The lowest BCUT2D eigenvalue weighted by Gasteiger charge is -2.59. The number of likely N-dealkylation sites (tertiary alicyclic amines) is 1. The molecule has 1 saturated heterocycles. The molecule has 30 heavy (non-hydrogen) atoms. The van der Waals surface area contributed by atoms with E-state index >= 15 is 0 Å². The molecule has 5 aliphatic rings. The molecule has 0 N–H and O–H groups in total. The zero-order valence-corrected chi connectivity index (χ0v) is 17.3. The van der Waals surface area contributed by atoms with Crippen molar-refractivity contribution in [1.29, 1.82) is 0 Å². The minimum atomic E-state index is -0.731. The molecule has 1 atom stereocenters. The first kappa shape index (κ1) is 18.3. The van der Waals surface area contributed by atoms with Gasteiger partial charge in [-0.3, -0.25) is 19.5 Å². The number of furan rings is 1. The monoisotopic (exact) mass is 404 g/mol. The highest BCUT2D eigenvalue weighted by Gasteiger charge is 2.62. The second kappa shape index (κ2) is 6.53. The molecule has 2 aromatic heterocycles. The Hall–Kier alpha value is -2.43. The number of imide groups is 1. The molecule has 5 fully saturated rings. The van der Waals surface area contributed by atoms with E-state index in [1.807, 2.05) is 18.2 Å². The van der Waals surface area contributed by atoms with Crippen molar-refractivity contribution in [2.75, 3.05) is 0 Å². The fourth-order valence-electron chi connectivity index (χ4n) is 7.63. The van der Waals surface area contributed by atoms with Gasteiger partial charge < -0.3 is 4.42 Å². The van der Waals surface area contributed by atoms with Crippen LogP contribution in [0.5, 0.6) is 0 Å². The predicted molar refractivity (Wildman–Crippen MR) is 110 cm³/mol. The van der Waals surface area contributed by atoms with Crippen LogP contribution in [0, 0.1) is 23.2 Å². The maximum absolute atomic E-state index is 14.1. The van der Waals surface area contributed by atoms with Gasteiger partial charge in [-0.25, -0.2) is 0 Å². The van der Waals surface area contributed by atoms with Gasteiger partial charge in [-0.05, 0) is 98.4 Å². The smallest absolute Gasteiger partial charge is 0.237 e. The Kier molecular flexibility index (Phi) is 4.00. The summed E-state index contributed by atoms with van der Waals surface area (Å²) in [6, 6.07) is 5.84. The van der Waals surface area contributed by atoms with E-state index < -0.39 is 5.41 Å². The fourth-order valence-corrected chi connectivity index (χ4v) is 7.63. The molecule has 4 saturated carbocycles. The highest BCUT2D eigenvalue weighted by Crippen LogP contribution is 2.59. The first-order valence-corrected chi connectivity index (χ1v) is 11.3. The molecule has 7 rings (SSSR count). The van der Waals surface area contributed by atoms with Crippen LogP contribution < -0.4 is 0 Å². The van der Waals surface area contributed by atoms with E-state index in [-0.39, 0.29) is 17.4 Å². The number of pyridine rings is 1. The molecule has 0 spiro atoms. The number of aromatic nitrogens is 1. The minimum Gasteiger partial charge on any atom is -0.472 e. The van der Waals surface area contributed by atoms with Crippen molar-refractivity contribution in [3.63, 3.8) is 0 Å². The van der Waals surface area contributed by atoms with Gasteiger partial charge in [0.2, 0.25) is 11.8 Å². The molecule has 1 unspecified atom stereocenters. The lowest BCUT2D eigenvalue weighted by atomic mass is 9.52. The highest BCUT2D eigenvalue weighted by atomic mass is 16.3. The Balaban J connectivity index is 1.38. The molecule has 3 heterocycles. The third-order valence-electron chi connectivity index (χ3n) is 8.29. The van der Waals surface area contributed by atoms with Gasteiger partial charge in [0.25, 0.3) is 0 Å². The van der Waals surface area contributed by atoms with Crippen LogP contribution in [0.1, 0.15) is 56.1 Å². The van der Waals surface area contributed by atoms with E-state index in [9.17, 15) is 9.59 Å². The molecule has 4 bridgehead atoms. The average Bonchev–Trinajstić information content (AvgIpc) is 3.28. The van der Waals surface area contributed by atoms with Crippen LogP contribution in [-0.4, -0.2) is 27.2 Å². The third kappa shape index (κ3) is 2.78. The second-order valence-electron chi connectivity index (χ2n) is 10.5. The summed E-state index contributed by atoms with van der Waals surface area (Å²) < 4.78 is 5.29. The van der Waals surface area contributed by atoms with Crippen LogP contribution in [-0.2, 0) is 22.4 Å². The summed E-state index contributed by atoms with van der Waals surface area (Å²) in [5.74, 6) is 2.18. The quantitative estimate of drug-likeness (QED) is 0.702. The van der Waals surface area contributed by atoms with Gasteiger partial charge in [-0.15, -0.1) is 0 Å². The molecule has 4 aliphatic carbocycles. The van der Waals surface area contributed by atoms with Crippen LogP contribution in [0.25, 0.3) is 0 Å². The van der Waals surface area contributed by atoms with Crippen molar-refractivity contribution in [3.05, 3.63) is 54.2 Å². The zero-order chi connectivity index (χ0) is 20.3. The Labute approximate surface area is 176 Å². The third-order valence-corrected chi connectivity index (χ3v) is 8.29. The van der Waals surface area contributed by atoms with E-state index in [1.165, 1.54) is 19.3 Å². The summed E-state index contributed by atoms with van der Waals surface area (Å²) in [6.45, 7) is 0. The zero-order valence-electron chi connectivity index (χ0n) is 17.3. The van der Waals surface area contributed by atoms with Gasteiger partial charge >= 0.3 is 0 Å². The largest absolute Gasteiger partial charge is 0.472 e. The summed E-state index contributed by atoms with van der Waals surface area (Å²) in [7, 11) is 0. The number of hydrogen-bond acceptors (Lipinski definition) is 4. The van der Waals surface area contributed by atoms with Crippen molar-refractivity contribution in [2.45, 2.75) is 63.3 Å². The van der Waals surface area contributed by atoms with E-state index in [0.717, 1.165) is 30.4 Å². The van der Waals surface area contributed by atoms with Crippen LogP contribution >= 0.6 is 0 Å². The number of carbonyl (C=O) groups is 2. The molecule has 156 valence electrons. The van der Waals surface area contributed by atoms with Crippen LogP contribution in [0.3, 0.4) is 0 Å². The molecular formula is C25H28N2O3. The van der Waals surface area contributed by atoms with Gasteiger partial charge in [0.15, 0.2) is 0 Å². The normalized spacial score (nSPS) is 37.3. The van der Waals surface area contributed by atoms with Crippen molar-refractivity contribution in [1.82, 2.24) is 9.88 Å². The lowest BCUT2D eigenvalue weighted by molar-refractivity contribution is -0.160. The summed E-state index contributed by atoms with van der Waals surface area (Å²) in [4.78, 5) is 33.5. The van der Waals surface area contributed by atoms with Gasteiger partial charge in [0, 0.05) is 18.8 Å². The summed E-state index contributed by atoms with van der Waals surface area (Å²) >= 11 is 0. The number of carbonyl (C=O) groups excluding carboxylic acids is 2. The Bertz CT molecular complexity index is 932. The molecule has 0 aromatic carbocycles. The van der Waals surface area contributed by atoms with Gasteiger partial charge in [-0.1, -0.05) is 0 Å².